The van der Waals surface area contributed by atoms with Crippen LogP contribution in [0.4, 0.5) is 0 Å². The molecular formula is C13H15N3O3S. The van der Waals surface area contributed by atoms with E-state index in [-0.39, 0.29) is 18.7 Å². The first kappa shape index (κ1) is 13.2. The quantitative estimate of drug-likeness (QED) is 0.797. The van der Waals surface area contributed by atoms with Crippen LogP contribution in [0.5, 0.6) is 0 Å². The molecule has 0 radical (unpaired) electrons. The highest BCUT2D eigenvalue weighted by molar-refractivity contribution is 7.18. The Morgan fingerprint density at radius 1 is 1.40 bits per heavy atom. The summed E-state index contributed by atoms with van der Waals surface area (Å²) in [7, 11) is 0. The van der Waals surface area contributed by atoms with Gasteiger partial charge in [0.25, 0.3) is 5.56 Å². The van der Waals surface area contributed by atoms with E-state index in [1.54, 1.807) is 18.3 Å². The van der Waals surface area contributed by atoms with Crippen LogP contribution in [0.1, 0.15) is 30.2 Å². The molecule has 0 atom stereocenters. The molecule has 0 unspecified atom stereocenters. The minimum absolute atomic E-state index is 0.180. The molecular weight excluding hydrogens is 278 g/mol. The van der Waals surface area contributed by atoms with E-state index >= 15 is 0 Å². The fourth-order valence-corrected chi connectivity index (χ4v) is 3.74. The maximum atomic E-state index is 12.5. The SMILES string of the molecule is CCOC(=O)Cn1nnc2sc3c(c2c1=O)CCCC3. The molecule has 0 fully saturated rings. The number of ether oxygens (including phenoxy) is 1. The van der Waals surface area contributed by atoms with Gasteiger partial charge in [0, 0.05) is 4.88 Å². The van der Waals surface area contributed by atoms with Crippen LogP contribution in [0.15, 0.2) is 4.79 Å². The molecule has 20 heavy (non-hydrogen) atoms. The number of rotatable bonds is 3. The lowest BCUT2D eigenvalue weighted by molar-refractivity contribution is -0.144. The smallest absolute Gasteiger partial charge is 0.327 e. The Labute approximate surface area is 119 Å². The van der Waals surface area contributed by atoms with Crippen molar-refractivity contribution < 1.29 is 9.53 Å². The maximum absolute atomic E-state index is 12.5. The van der Waals surface area contributed by atoms with Gasteiger partial charge in [-0.1, -0.05) is 5.21 Å². The fourth-order valence-electron chi connectivity index (χ4n) is 2.54. The maximum Gasteiger partial charge on any atom is 0.327 e. The molecule has 0 N–H and O–H groups in total. The highest BCUT2D eigenvalue weighted by atomic mass is 32.1. The van der Waals surface area contributed by atoms with E-state index < -0.39 is 5.97 Å². The third-order valence-corrected chi connectivity index (χ3v) is 4.60. The molecule has 0 amide bonds. The number of thiophene rings is 1. The molecule has 1 aliphatic rings. The van der Waals surface area contributed by atoms with E-state index in [1.165, 1.54) is 4.88 Å². The van der Waals surface area contributed by atoms with Gasteiger partial charge < -0.3 is 4.74 Å². The number of aryl methyl sites for hydroxylation is 2. The molecule has 0 spiro atoms. The van der Waals surface area contributed by atoms with E-state index in [2.05, 4.69) is 10.3 Å². The van der Waals surface area contributed by atoms with Gasteiger partial charge in [0.05, 0.1) is 12.0 Å². The molecule has 2 aromatic heterocycles. The Kier molecular flexibility index (Phi) is 3.52. The molecule has 0 saturated heterocycles. The second kappa shape index (κ2) is 5.32. The van der Waals surface area contributed by atoms with Crippen LogP contribution in [0.25, 0.3) is 10.2 Å². The van der Waals surface area contributed by atoms with Gasteiger partial charge in [0.1, 0.15) is 6.54 Å². The van der Waals surface area contributed by atoms with Crippen LogP contribution in [0, 0.1) is 0 Å². The molecule has 2 heterocycles. The first-order valence-electron chi connectivity index (χ1n) is 6.74. The van der Waals surface area contributed by atoms with Crippen LogP contribution >= 0.6 is 11.3 Å². The molecule has 1 aliphatic carbocycles. The normalized spacial score (nSPS) is 14.2. The monoisotopic (exact) mass is 293 g/mol. The van der Waals surface area contributed by atoms with Gasteiger partial charge in [-0.3, -0.25) is 9.59 Å². The minimum atomic E-state index is -0.465. The number of carbonyl (C=O) groups excluding carboxylic acids is 1. The zero-order chi connectivity index (χ0) is 14.1. The first-order valence-corrected chi connectivity index (χ1v) is 7.56. The Morgan fingerprint density at radius 2 is 2.20 bits per heavy atom. The summed E-state index contributed by atoms with van der Waals surface area (Å²) in [6.07, 6.45) is 4.17. The average Bonchev–Trinajstić information content (AvgIpc) is 2.81. The molecule has 0 aliphatic heterocycles. The van der Waals surface area contributed by atoms with Gasteiger partial charge in [0.15, 0.2) is 4.83 Å². The van der Waals surface area contributed by atoms with Crippen molar-refractivity contribution >= 4 is 27.5 Å². The van der Waals surface area contributed by atoms with Crippen molar-refractivity contribution in [2.24, 2.45) is 0 Å². The Hall–Kier alpha value is -1.76. The lowest BCUT2D eigenvalue weighted by Crippen LogP contribution is -2.28. The standard InChI is InChI=1S/C13H15N3O3S/c1-2-19-10(17)7-16-13(18)11-8-5-3-4-6-9(8)20-12(11)14-15-16/h2-7H2,1H3. The van der Waals surface area contributed by atoms with Crippen molar-refractivity contribution in [2.45, 2.75) is 39.2 Å². The molecule has 0 aromatic carbocycles. The Morgan fingerprint density at radius 3 is 3.00 bits per heavy atom. The molecule has 106 valence electrons. The van der Waals surface area contributed by atoms with Crippen molar-refractivity contribution in [2.75, 3.05) is 6.61 Å². The summed E-state index contributed by atoms with van der Waals surface area (Å²) in [5.41, 5.74) is 0.871. The molecule has 0 saturated carbocycles. The summed E-state index contributed by atoms with van der Waals surface area (Å²) in [6, 6.07) is 0. The van der Waals surface area contributed by atoms with E-state index in [0.29, 0.717) is 10.2 Å². The molecule has 3 rings (SSSR count). The van der Waals surface area contributed by atoms with Crippen LogP contribution in [0.2, 0.25) is 0 Å². The van der Waals surface area contributed by atoms with E-state index in [9.17, 15) is 9.59 Å². The van der Waals surface area contributed by atoms with Gasteiger partial charge in [-0.25, -0.2) is 0 Å². The zero-order valence-corrected chi connectivity index (χ0v) is 12.0. The molecule has 7 heteroatoms. The van der Waals surface area contributed by atoms with Crippen molar-refractivity contribution in [1.82, 2.24) is 15.0 Å². The molecule has 2 aromatic rings. The Bertz CT molecular complexity index is 719. The predicted molar refractivity (Wildman–Crippen MR) is 75.0 cm³/mol. The summed E-state index contributed by atoms with van der Waals surface area (Å²) in [4.78, 5) is 25.9. The number of fused-ring (bicyclic) bond motifs is 3. The summed E-state index contributed by atoms with van der Waals surface area (Å²) in [6.45, 7) is 1.84. The third-order valence-electron chi connectivity index (χ3n) is 3.43. The van der Waals surface area contributed by atoms with Crippen LogP contribution in [0.3, 0.4) is 0 Å². The number of hydrogen-bond donors (Lipinski definition) is 0. The lowest BCUT2D eigenvalue weighted by atomic mass is 9.97. The summed E-state index contributed by atoms with van der Waals surface area (Å²) < 4.78 is 5.94. The summed E-state index contributed by atoms with van der Waals surface area (Å²) >= 11 is 1.55. The van der Waals surface area contributed by atoms with Crippen LogP contribution in [-0.4, -0.2) is 27.6 Å². The van der Waals surface area contributed by atoms with Gasteiger partial charge in [-0.2, -0.15) is 4.68 Å². The second-order valence-corrected chi connectivity index (χ2v) is 5.83. The van der Waals surface area contributed by atoms with Crippen molar-refractivity contribution in [1.29, 1.82) is 0 Å². The number of nitrogens with zero attached hydrogens (tertiary/aromatic N) is 3. The molecule has 6 nitrogen and oxygen atoms in total. The van der Waals surface area contributed by atoms with E-state index in [0.717, 1.165) is 35.9 Å². The highest BCUT2D eigenvalue weighted by Crippen LogP contribution is 2.32. The van der Waals surface area contributed by atoms with E-state index in [1.807, 2.05) is 0 Å². The summed E-state index contributed by atoms with van der Waals surface area (Å²) in [5.74, 6) is -0.465. The van der Waals surface area contributed by atoms with Crippen molar-refractivity contribution in [3.8, 4) is 0 Å². The van der Waals surface area contributed by atoms with E-state index in [4.69, 9.17) is 4.74 Å². The minimum Gasteiger partial charge on any atom is -0.465 e. The molecule has 0 bridgehead atoms. The van der Waals surface area contributed by atoms with Gasteiger partial charge in [-0.15, -0.1) is 16.4 Å². The van der Waals surface area contributed by atoms with Gasteiger partial charge in [0.2, 0.25) is 0 Å². The zero-order valence-electron chi connectivity index (χ0n) is 11.2. The van der Waals surface area contributed by atoms with Gasteiger partial charge >= 0.3 is 5.97 Å². The van der Waals surface area contributed by atoms with Crippen LogP contribution in [-0.2, 0) is 28.9 Å². The van der Waals surface area contributed by atoms with Crippen LogP contribution < -0.4 is 5.56 Å². The first-order chi connectivity index (χ1) is 9.70. The fraction of sp³-hybridized carbons (Fsp3) is 0.538. The Balaban J connectivity index is 2.06. The highest BCUT2D eigenvalue weighted by Gasteiger charge is 2.21. The predicted octanol–water partition coefficient (Wildman–Crippen LogP) is 1.29. The van der Waals surface area contributed by atoms with Gasteiger partial charge in [-0.05, 0) is 38.2 Å². The number of aromatic nitrogens is 3. The van der Waals surface area contributed by atoms with Crippen molar-refractivity contribution in [3.63, 3.8) is 0 Å². The lowest BCUT2D eigenvalue weighted by Gasteiger charge is -2.10. The topological polar surface area (TPSA) is 74.1 Å². The number of esters is 1. The summed E-state index contributed by atoms with van der Waals surface area (Å²) in [5, 5.41) is 8.56. The third kappa shape index (κ3) is 2.22. The average molecular weight is 293 g/mol. The largest absolute Gasteiger partial charge is 0.465 e. The second-order valence-electron chi connectivity index (χ2n) is 4.75. The number of hydrogen-bond acceptors (Lipinski definition) is 6. The van der Waals surface area contributed by atoms with Crippen molar-refractivity contribution in [3.05, 3.63) is 20.8 Å². The number of carbonyl (C=O) groups is 1.